The molecule has 0 bridgehead atoms. The third-order valence-electron chi connectivity index (χ3n) is 2.43. The van der Waals surface area contributed by atoms with Gasteiger partial charge >= 0.3 is 0 Å². The highest BCUT2D eigenvalue weighted by molar-refractivity contribution is 5.34. The van der Waals surface area contributed by atoms with Gasteiger partial charge in [0.05, 0.1) is 29.9 Å². The predicted molar refractivity (Wildman–Crippen MR) is 62.9 cm³/mol. The first kappa shape index (κ1) is 11.4. The van der Waals surface area contributed by atoms with Gasteiger partial charge in [0.1, 0.15) is 6.10 Å². The van der Waals surface area contributed by atoms with Gasteiger partial charge in [-0.15, -0.1) is 0 Å². The number of aromatic amines is 1. The molecule has 0 aliphatic heterocycles. The summed E-state index contributed by atoms with van der Waals surface area (Å²) in [6, 6.07) is 9.37. The highest BCUT2D eigenvalue weighted by Crippen LogP contribution is 2.24. The molecule has 0 fully saturated rings. The van der Waals surface area contributed by atoms with Crippen molar-refractivity contribution in [3.8, 4) is 6.07 Å². The number of hydrogen-bond donors (Lipinski definition) is 1. The molecule has 0 aliphatic rings. The van der Waals surface area contributed by atoms with Gasteiger partial charge in [0.2, 0.25) is 0 Å². The molecule has 4 heteroatoms. The van der Waals surface area contributed by atoms with Crippen LogP contribution in [0.4, 0.5) is 0 Å². The lowest BCUT2D eigenvalue weighted by molar-refractivity contribution is 0.100. The number of H-pyrrole nitrogens is 1. The van der Waals surface area contributed by atoms with E-state index in [1.165, 1.54) is 0 Å². The molecule has 1 aromatic heterocycles. The number of imidazole rings is 1. The average Bonchev–Trinajstić information content (AvgIpc) is 2.90. The average molecular weight is 226 g/mol. The van der Waals surface area contributed by atoms with Gasteiger partial charge in [-0.05, 0) is 24.6 Å². The molecule has 17 heavy (non-hydrogen) atoms. The Bertz CT molecular complexity index is 496. The number of rotatable bonds is 4. The maximum absolute atomic E-state index is 8.75. The van der Waals surface area contributed by atoms with Crippen LogP contribution in [0.15, 0.2) is 36.8 Å². The fourth-order valence-corrected chi connectivity index (χ4v) is 1.63. The van der Waals surface area contributed by atoms with Crippen molar-refractivity contribution in [2.24, 2.45) is 0 Å². The van der Waals surface area contributed by atoms with Gasteiger partial charge in [0.15, 0.2) is 0 Å². The summed E-state index contributed by atoms with van der Waals surface area (Å²) >= 11 is 0. The zero-order chi connectivity index (χ0) is 12.1. The molecule has 1 aromatic carbocycles. The van der Waals surface area contributed by atoms with Gasteiger partial charge in [0, 0.05) is 6.61 Å². The lowest BCUT2D eigenvalue weighted by Gasteiger charge is -2.15. The molecule has 2 rings (SSSR count). The standard InChI is InChI=1S/C13H12N3O/c1-2-17-13(12-8-15-9-16-12)11-5-3-10(7-14)4-6-11/h3-6,8-9,13H,1-2H2,(H,15,16). The van der Waals surface area contributed by atoms with E-state index in [9.17, 15) is 0 Å². The third-order valence-corrected chi connectivity index (χ3v) is 2.43. The molecule has 4 nitrogen and oxygen atoms in total. The summed E-state index contributed by atoms with van der Waals surface area (Å²) in [6.45, 7) is 4.05. The summed E-state index contributed by atoms with van der Waals surface area (Å²) in [5.41, 5.74) is 2.47. The van der Waals surface area contributed by atoms with E-state index in [1.807, 2.05) is 12.1 Å². The summed E-state index contributed by atoms with van der Waals surface area (Å²) in [5.74, 6) is 0. The fraction of sp³-hybridized carbons (Fsp3) is 0.154. The van der Waals surface area contributed by atoms with E-state index < -0.39 is 0 Å². The third kappa shape index (κ3) is 2.52. The molecule has 1 atom stereocenters. The van der Waals surface area contributed by atoms with Crippen LogP contribution in [-0.2, 0) is 4.74 Å². The Balaban J connectivity index is 2.30. The van der Waals surface area contributed by atoms with E-state index in [4.69, 9.17) is 10.00 Å². The molecule has 1 radical (unpaired) electrons. The van der Waals surface area contributed by atoms with Crippen molar-refractivity contribution in [1.29, 1.82) is 5.26 Å². The summed E-state index contributed by atoms with van der Waals surface area (Å²) in [6.07, 6.45) is 3.11. The molecule has 1 unspecified atom stereocenters. The lowest BCUT2D eigenvalue weighted by Crippen LogP contribution is -2.06. The van der Waals surface area contributed by atoms with Crippen molar-refractivity contribution in [3.63, 3.8) is 0 Å². The lowest BCUT2D eigenvalue weighted by atomic mass is 10.1. The summed E-state index contributed by atoms with van der Waals surface area (Å²) < 4.78 is 5.58. The number of nitrogens with one attached hydrogen (secondary N) is 1. The Morgan fingerprint density at radius 3 is 2.71 bits per heavy atom. The summed E-state index contributed by atoms with van der Waals surface area (Å²) in [5, 5.41) is 8.75. The van der Waals surface area contributed by atoms with Crippen molar-refractivity contribution in [2.45, 2.75) is 6.10 Å². The molecular formula is C13H12N3O. The summed E-state index contributed by atoms with van der Waals surface area (Å²) in [7, 11) is 0. The summed E-state index contributed by atoms with van der Waals surface area (Å²) in [4.78, 5) is 7.00. The van der Waals surface area contributed by atoms with Crippen LogP contribution in [0.5, 0.6) is 0 Å². The molecule has 0 aliphatic carbocycles. The first-order chi connectivity index (χ1) is 8.35. The maximum Gasteiger partial charge on any atom is 0.124 e. The van der Waals surface area contributed by atoms with E-state index in [0.29, 0.717) is 12.2 Å². The van der Waals surface area contributed by atoms with Gasteiger partial charge in [-0.3, -0.25) is 0 Å². The number of nitrogens with zero attached hydrogens (tertiary/aromatic N) is 2. The minimum absolute atomic E-state index is 0.220. The number of benzene rings is 1. The molecule has 0 saturated heterocycles. The number of hydrogen-bond acceptors (Lipinski definition) is 3. The molecule has 85 valence electrons. The number of ether oxygens (including phenoxy) is 1. The smallest absolute Gasteiger partial charge is 0.124 e. The van der Waals surface area contributed by atoms with Crippen LogP contribution in [-0.4, -0.2) is 16.6 Å². The first-order valence-corrected chi connectivity index (χ1v) is 5.24. The Hall–Kier alpha value is -2.12. The van der Waals surface area contributed by atoms with Crippen LogP contribution >= 0.6 is 0 Å². The van der Waals surface area contributed by atoms with Crippen LogP contribution in [0.2, 0.25) is 0 Å². The van der Waals surface area contributed by atoms with Crippen molar-refractivity contribution >= 4 is 0 Å². The van der Waals surface area contributed by atoms with Gasteiger partial charge in [-0.1, -0.05) is 12.1 Å². The van der Waals surface area contributed by atoms with E-state index in [0.717, 1.165) is 11.3 Å². The van der Waals surface area contributed by atoms with Gasteiger partial charge in [-0.25, -0.2) is 4.98 Å². The molecule has 0 spiro atoms. The van der Waals surface area contributed by atoms with Crippen molar-refractivity contribution in [3.05, 3.63) is 60.5 Å². The number of nitriles is 1. The van der Waals surface area contributed by atoms with Crippen LogP contribution in [0.3, 0.4) is 0 Å². The fourth-order valence-electron chi connectivity index (χ4n) is 1.63. The predicted octanol–water partition coefficient (Wildman–Crippen LogP) is 2.22. The molecule has 2 aromatic rings. The molecule has 0 saturated carbocycles. The van der Waals surface area contributed by atoms with Crippen LogP contribution in [0, 0.1) is 18.3 Å². The molecular weight excluding hydrogens is 214 g/mol. The largest absolute Gasteiger partial charge is 0.367 e. The Morgan fingerprint density at radius 1 is 1.41 bits per heavy atom. The zero-order valence-corrected chi connectivity index (χ0v) is 9.26. The van der Waals surface area contributed by atoms with E-state index in [-0.39, 0.29) is 6.10 Å². The number of aromatic nitrogens is 2. The van der Waals surface area contributed by atoms with E-state index >= 15 is 0 Å². The zero-order valence-electron chi connectivity index (χ0n) is 9.26. The monoisotopic (exact) mass is 226 g/mol. The minimum Gasteiger partial charge on any atom is -0.367 e. The van der Waals surface area contributed by atoms with Gasteiger partial charge in [-0.2, -0.15) is 5.26 Å². The van der Waals surface area contributed by atoms with Crippen LogP contribution < -0.4 is 0 Å². The Morgan fingerprint density at radius 2 is 2.18 bits per heavy atom. The molecule has 0 amide bonds. The second-order valence-corrected chi connectivity index (χ2v) is 3.49. The van der Waals surface area contributed by atoms with Crippen molar-refractivity contribution in [1.82, 2.24) is 9.97 Å². The van der Waals surface area contributed by atoms with Gasteiger partial charge in [0.25, 0.3) is 0 Å². The van der Waals surface area contributed by atoms with Crippen LogP contribution in [0.1, 0.15) is 22.9 Å². The Kier molecular flexibility index (Phi) is 3.53. The highest BCUT2D eigenvalue weighted by atomic mass is 16.5. The normalized spacial score (nSPS) is 12.0. The highest BCUT2D eigenvalue weighted by Gasteiger charge is 2.15. The minimum atomic E-state index is -0.220. The topological polar surface area (TPSA) is 61.7 Å². The first-order valence-electron chi connectivity index (χ1n) is 5.24. The quantitative estimate of drug-likeness (QED) is 0.869. The van der Waals surface area contributed by atoms with Crippen LogP contribution in [0.25, 0.3) is 0 Å². The molecule has 1 heterocycles. The maximum atomic E-state index is 8.75. The SMILES string of the molecule is [CH2]COC(c1ccc(C#N)cc1)c1cnc[nH]1. The van der Waals surface area contributed by atoms with Gasteiger partial charge < -0.3 is 9.72 Å². The Labute approximate surface area is 99.9 Å². The van der Waals surface area contributed by atoms with E-state index in [2.05, 4.69) is 23.0 Å². The van der Waals surface area contributed by atoms with Crippen molar-refractivity contribution in [2.75, 3.05) is 6.61 Å². The second-order valence-electron chi connectivity index (χ2n) is 3.49. The van der Waals surface area contributed by atoms with Crippen molar-refractivity contribution < 1.29 is 4.74 Å². The molecule has 1 N–H and O–H groups in total. The van der Waals surface area contributed by atoms with E-state index in [1.54, 1.807) is 24.7 Å². The second kappa shape index (κ2) is 5.28.